The van der Waals surface area contributed by atoms with Gasteiger partial charge in [0.1, 0.15) is 5.75 Å². The summed E-state index contributed by atoms with van der Waals surface area (Å²) in [6.07, 6.45) is 8.86. The third-order valence-electron chi connectivity index (χ3n) is 6.07. The van der Waals surface area contributed by atoms with E-state index in [4.69, 9.17) is 4.74 Å². The summed E-state index contributed by atoms with van der Waals surface area (Å²) >= 11 is 0. The Bertz CT molecular complexity index is 528. The summed E-state index contributed by atoms with van der Waals surface area (Å²) in [4.78, 5) is 12.5. The second-order valence-corrected chi connectivity index (χ2v) is 7.87. The third-order valence-corrected chi connectivity index (χ3v) is 6.07. The molecule has 1 aromatic carbocycles. The number of anilines is 1. The average Bonchev–Trinajstić information content (AvgIpc) is 2.45. The summed E-state index contributed by atoms with van der Waals surface area (Å²) in [6, 6.07) is 7.60. The molecule has 0 spiro atoms. The van der Waals surface area contributed by atoms with Crippen LogP contribution in [0.4, 0.5) is 5.69 Å². The molecular weight excluding hydrogens is 274 g/mol. The predicted octanol–water partition coefficient (Wildman–Crippen LogP) is 4.24. The van der Waals surface area contributed by atoms with Crippen LogP contribution in [0.15, 0.2) is 24.3 Å². The van der Waals surface area contributed by atoms with E-state index >= 15 is 0 Å². The van der Waals surface area contributed by atoms with Crippen molar-refractivity contribution in [1.82, 2.24) is 0 Å². The number of carbonyl (C=O) groups is 1. The second-order valence-electron chi connectivity index (χ2n) is 7.87. The summed E-state index contributed by atoms with van der Waals surface area (Å²) in [7, 11) is 1.65. The average molecular weight is 299 g/mol. The number of ether oxygens (including phenoxy) is 1. The number of hydrogen-bond donors (Lipinski definition) is 1. The van der Waals surface area contributed by atoms with E-state index in [-0.39, 0.29) is 5.91 Å². The molecule has 4 aliphatic carbocycles. The van der Waals surface area contributed by atoms with Crippen LogP contribution >= 0.6 is 0 Å². The van der Waals surface area contributed by atoms with Gasteiger partial charge in [0, 0.05) is 12.1 Å². The van der Waals surface area contributed by atoms with Gasteiger partial charge in [-0.1, -0.05) is 0 Å². The van der Waals surface area contributed by atoms with E-state index in [9.17, 15) is 4.79 Å². The Hall–Kier alpha value is -1.51. The topological polar surface area (TPSA) is 38.3 Å². The maximum atomic E-state index is 12.5. The van der Waals surface area contributed by atoms with Gasteiger partial charge in [0.25, 0.3) is 0 Å². The zero-order chi connectivity index (χ0) is 15.2. The van der Waals surface area contributed by atoms with Crippen LogP contribution in [0.3, 0.4) is 0 Å². The van der Waals surface area contributed by atoms with Crippen LogP contribution in [0, 0.1) is 23.2 Å². The Morgan fingerprint density at radius 2 is 1.64 bits per heavy atom. The number of benzene rings is 1. The minimum absolute atomic E-state index is 0.187. The molecule has 4 bridgehead atoms. The largest absolute Gasteiger partial charge is 0.497 e. The lowest BCUT2D eigenvalue weighted by atomic mass is 9.49. The van der Waals surface area contributed by atoms with Gasteiger partial charge in [0.15, 0.2) is 0 Å². The molecular formula is C19H25NO2. The van der Waals surface area contributed by atoms with E-state index in [0.717, 1.165) is 29.2 Å². The Labute approximate surface area is 132 Å². The van der Waals surface area contributed by atoms with E-state index in [1.807, 2.05) is 24.3 Å². The third kappa shape index (κ3) is 2.62. The van der Waals surface area contributed by atoms with Crippen LogP contribution in [0.5, 0.6) is 5.75 Å². The molecule has 4 fully saturated rings. The lowest BCUT2D eigenvalue weighted by Gasteiger charge is -2.56. The van der Waals surface area contributed by atoms with Crippen molar-refractivity contribution in [2.75, 3.05) is 12.4 Å². The Balaban J connectivity index is 1.41. The molecule has 118 valence electrons. The molecule has 22 heavy (non-hydrogen) atoms. The number of rotatable bonds is 4. The minimum atomic E-state index is 0.187. The predicted molar refractivity (Wildman–Crippen MR) is 86.8 cm³/mol. The number of amides is 1. The van der Waals surface area contributed by atoms with Gasteiger partial charge in [-0.05, 0) is 86.0 Å². The van der Waals surface area contributed by atoms with Crippen molar-refractivity contribution < 1.29 is 9.53 Å². The maximum Gasteiger partial charge on any atom is 0.224 e. The van der Waals surface area contributed by atoms with Gasteiger partial charge in [0.05, 0.1) is 7.11 Å². The van der Waals surface area contributed by atoms with Crippen LogP contribution in [0.1, 0.15) is 44.9 Å². The molecule has 0 atom stereocenters. The van der Waals surface area contributed by atoms with Gasteiger partial charge in [0.2, 0.25) is 5.91 Å². The van der Waals surface area contributed by atoms with Crippen LogP contribution in [-0.2, 0) is 4.79 Å². The monoisotopic (exact) mass is 299 g/mol. The highest BCUT2D eigenvalue weighted by Crippen LogP contribution is 2.61. The molecule has 0 aromatic heterocycles. The zero-order valence-electron chi connectivity index (χ0n) is 13.3. The van der Waals surface area contributed by atoms with E-state index in [0.29, 0.717) is 11.8 Å². The fourth-order valence-corrected chi connectivity index (χ4v) is 5.73. The molecule has 4 saturated carbocycles. The normalized spacial score (nSPS) is 35.4. The number of nitrogens with one attached hydrogen (secondary N) is 1. The molecule has 0 aliphatic heterocycles. The zero-order valence-corrected chi connectivity index (χ0v) is 13.3. The lowest BCUT2D eigenvalue weighted by Crippen LogP contribution is -2.47. The molecule has 4 aliphatic rings. The molecule has 1 aromatic rings. The second kappa shape index (κ2) is 5.29. The highest BCUT2D eigenvalue weighted by Gasteiger charge is 2.51. The van der Waals surface area contributed by atoms with Crippen molar-refractivity contribution >= 4 is 11.6 Å². The first-order valence-electron chi connectivity index (χ1n) is 8.58. The first-order valence-corrected chi connectivity index (χ1v) is 8.58. The van der Waals surface area contributed by atoms with Gasteiger partial charge >= 0.3 is 0 Å². The summed E-state index contributed by atoms with van der Waals surface area (Å²) in [5, 5.41) is 3.07. The molecule has 1 amide bonds. The fraction of sp³-hybridized carbons (Fsp3) is 0.632. The minimum Gasteiger partial charge on any atom is -0.497 e. The van der Waals surface area contributed by atoms with Crippen molar-refractivity contribution in [1.29, 1.82) is 0 Å². The smallest absolute Gasteiger partial charge is 0.224 e. The Morgan fingerprint density at radius 1 is 1.09 bits per heavy atom. The molecule has 0 heterocycles. The molecule has 0 saturated heterocycles. The Morgan fingerprint density at radius 3 is 2.14 bits per heavy atom. The van der Waals surface area contributed by atoms with E-state index < -0.39 is 0 Å². The van der Waals surface area contributed by atoms with Crippen LogP contribution < -0.4 is 10.1 Å². The summed E-state index contributed by atoms with van der Waals surface area (Å²) in [5.74, 6) is 3.71. The first-order chi connectivity index (χ1) is 10.6. The standard InChI is InChI=1S/C19H25NO2/c1-22-17-4-2-16(3-5-17)20-18(21)12-19-9-13-6-14(10-19)8-15(7-13)11-19/h2-5,13-15H,6-12H2,1H3,(H,20,21). The van der Waals surface area contributed by atoms with Gasteiger partial charge in [-0.2, -0.15) is 0 Å². The van der Waals surface area contributed by atoms with Gasteiger partial charge in [-0.3, -0.25) is 4.79 Å². The molecule has 3 nitrogen and oxygen atoms in total. The summed E-state index contributed by atoms with van der Waals surface area (Å²) < 4.78 is 5.15. The van der Waals surface area contributed by atoms with Crippen LogP contribution in [0.25, 0.3) is 0 Å². The molecule has 0 unspecified atom stereocenters. The quantitative estimate of drug-likeness (QED) is 0.903. The maximum absolute atomic E-state index is 12.5. The van der Waals surface area contributed by atoms with Crippen molar-refractivity contribution in [3.63, 3.8) is 0 Å². The molecule has 0 radical (unpaired) electrons. The van der Waals surface area contributed by atoms with Gasteiger partial charge in [-0.25, -0.2) is 0 Å². The van der Waals surface area contributed by atoms with Crippen LogP contribution in [-0.4, -0.2) is 13.0 Å². The van der Waals surface area contributed by atoms with E-state index in [1.165, 1.54) is 38.5 Å². The first kappa shape index (κ1) is 14.1. The number of methoxy groups -OCH3 is 1. The van der Waals surface area contributed by atoms with Crippen molar-refractivity contribution in [2.24, 2.45) is 23.2 Å². The highest BCUT2D eigenvalue weighted by molar-refractivity contribution is 5.91. The number of carbonyl (C=O) groups excluding carboxylic acids is 1. The molecule has 1 N–H and O–H groups in total. The van der Waals surface area contributed by atoms with Gasteiger partial charge in [-0.15, -0.1) is 0 Å². The summed E-state index contributed by atoms with van der Waals surface area (Å²) in [5.41, 5.74) is 1.18. The SMILES string of the molecule is COc1ccc(NC(=O)CC23CC4CC(CC(C4)C2)C3)cc1. The van der Waals surface area contributed by atoms with Crippen molar-refractivity contribution in [2.45, 2.75) is 44.9 Å². The van der Waals surface area contributed by atoms with Crippen molar-refractivity contribution in [3.8, 4) is 5.75 Å². The lowest BCUT2D eigenvalue weighted by molar-refractivity contribution is -0.124. The number of hydrogen-bond acceptors (Lipinski definition) is 2. The molecule has 3 heteroatoms. The van der Waals surface area contributed by atoms with Crippen LogP contribution in [0.2, 0.25) is 0 Å². The van der Waals surface area contributed by atoms with E-state index in [1.54, 1.807) is 7.11 Å². The van der Waals surface area contributed by atoms with Gasteiger partial charge < -0.3 is 10.1 Å². The summed E-state index contributed by atoms with van der Waals surface area (Å²) in [6.45, 7) is 0. The van der Waals surface area contributed by atoms with Crippen molar-refractivity contribution in [3.05, 3.63) is 24.3 Å². The Kier molecular flexibility index (Phi) is 3.39. The molecule has 5 rings (SSSR count). The fourth-order valence-electron chi connectivity index (χ4n) is 5.73. The highest BCUT2D eigenvalue weighted by atomic mass is 16.5. The van der Waals surface area contributed by atoms with E-state index in [2.05, 4.69) is 5.32 Å².